The van der Waals surface area contributed by atoms with Gasteiger partial charge < -0.3 is 9.67 Å². The molecule has 0 unspecified atom stereocenters. The number of aryl methyl sites for hydroxylation is 1. The zero-order chi connectivity index (χ0) is 17.4. The summed E-state index contributed by atoms with van der Waals surface area (Å²) in [6, 6.07) is 16.4. The molecular formula is C19H14N4O2. The van der Waals surface area contributed by atoms with Crippen molar-refractivity contribution in [2.45, 2.75) is 0 Å². The number of rotatable bonds is 2. The van der Waals surface area contributed by atoms with Gasteiger partial charge in [-0.3, -0.25) is 9.78 Å². The first-order valence-electron chi connectivity index (χ1n) is 7.73. The Labute approximate surface area is 143 Å². The maximum absolute atomic E-state index is 12.5. The number of hydrogen-bond donors (Lipinski definition) is 1. The lowest BCUT2D eigenvalue weighted by Gasteiger charge is -2.00. The Bertz CT molecular complexity index is 1140. The molecular weight excluding hydrogens is 316 g/mol. The molecule has 122 valence electrons. The van der Waals surface area contributed by atoms with Gasteiger partial charge in [0.25, 0.3) is 5.91 Å². The zero-order valence-corrected chi connectivity index (χ0v) is 13.4. The van der Waals surface area contributed by atoms with E-state index in [9.17, 15) is 9.90 Å². The van der Waals surface area contributed by atoms with Crippen molar-refractivity contribution in [3.05, 3.63) is 66.4 Å². The Morgan fingerprint density at radius 1 is 1.08 bits per heavy atom. The summed E-state index contributed by atoms with van der Waals surface area (Å²) in [6.45, 7) is 0. The van der Waals surface area contributed by atoms with Gasteiger partial charge in [0.1, 0.15) is 0 Å². The van der Waals surface area contributed by atoms with Gasteiger partial charge in [-0.2, -0.15) is 0 Å². The second-order valence-corrected chi connectivity index (χ2v) is 5.63. The summed E-state index contributed by atoms with van der Waals surface area (Å²) in [7, 11) is 1.73. The van der Waals surface area contributed by atoms with Crippen LogP contribution in [0.5, 0.6) is 5.88 Å². The average Bonchev–Trinajstić information content (AvgIpc) is 2.90. The fraction of sp³-hybridized carbons (Fsp3) is 0.0526. The van der Waals surface area contributed by atoms with Crippen molar-refractivity contribution in [1.82, 2.24) is 9.55 Å². The van der Waals surface area contributed by atoms with Gasteiger partial charge in [0.05, 0.1) is 16.6 Å². The van der Waals surface area contributed by atoms with Crippen LogP contribution in [0.2, 0.25) is 0 Å². The molecule has 4 rings (SSSR count). The Morgan fingerprint density at radius 3 is 2.76 bits per heavy atom. The van der Waals surface area contributed by atoms with E-state index >= 15 is 0 Å². The molecule has 0 aliphatic carbocycles. The monoisotopic (exact) mass is 330 g/mol. The summed E-state index contributed by atoms with van der Waals surface area (Å²) >= 11 is 0. The predicted octanol–water partition coefficient (Wildman–Crippen LogP) is 4.36. The minimum Gasteiger partial charge on any atom is -0.493 e. The van der Waals surface area contributed by atoms with Gasteiger partial charge in [-0.05, 0) is 18.2 Å². The number of carbonyl (C=O) groups is 1. The van der Waals surface area contributed by atoms with E-state index in [2.05, 4.69) is 15.2 Å². The number of nitrogens with zero attached hydrogens (tertiary/aromatic N) is 4. The molecule has 6 heteroatoms. The molecule has 2 aromatic heterocycles. The predicted molar refractivity (Wildman–Crippen MR) is 95.2 cm³/mol. The summed E-state index contributed by atoms with van der Waals surface area (Å²) in [5, 5.41) is 19.7. The first-order chi connectivity index (χ1) is 12.2. The number of carbonyl (C=O) groups excluding carboxylic acids is 1. The van der Waals surface area contributed by atoms with E-state index in [0.29, 0.717) is 11.1 Å². The number of para-hydroxylation sites is 2. The van der Waals surface area contributed by atoms with E-state index in [-0.39, 0.29) is 11.6 Å². The number of pyridine rings is 1. The van der Waals surface area contributed by atoms with Crippen molar-refractivity contribution in [3.63, 3.8) is 0 Å². The second kappa shape index (κ2) is 5.83. The summed E-state index contributed by atoms with van der Waals surface area (Å²) in [6.07, 6.45) is 1.63. The van der Waals surface area contributed by atoms with Crippen molar-refractivity contribution in [3.8, 4) is 5.88 Å². The molecule has 0 aliphatic rings. The summed E-state index contributed by atoms with van der Waals surface area (Å²) in [5.41, 5.74) is 2.05. The molecule has 4 aromatic rings. The van der Waals surface area contributed by atoms with Gasteiger partial charge in [0.2, 0.25) is 5.88 Å². The largest absolute Gasteiger partial charge is 0.493 e. The lowest BCUT2D eigenvalue weighted by Crippen LogP contribution is -1.96. The smallest absolute Gasteiger partial charge is 0.297 e. The summed E-state index contributed by atoms with van der Waals surface area (Å²) in [5.74, 6) is -0.537. The van der Waals surface area contributed by atoms with Gasteiger partial charge in [-0.1, -0.05) is 36.4 Å². The molecule has 2 aromatic carbocycles. The molecule has 0 radical (unpaired) electrons. The van der Waals surface area contributed by atoms with E-state index in [4.69, 9.17) is 0 Å². The van der Waals surface area contributed by atoms with Gasteiger partial charge in [-0.15, -0.1) is 10.2 Å². The van der Waals surface area contributed by atoms with Crippen molar-refractivity contribution in [2.24, 2.45) is 17.3 Å². The minimum absolute atomic E-state index is 0.0335. The topological polar surface area (TPSA) is 79.8 Å². The molecule has 1 amide bonds. The first-order valence-corrected chi connectivity index (χ1v) is 7.73. The maximum atomic E-state index is 12.5. The molecule has 0 aliphatic heterocycles. The number of amides is 1. The molecule has 0 atom stereocenters. The fourth-order valence-corrected chi connectivity index (χ4v) is 2.88. The fourth-order valence-electron chi connectivity index (χ4n) is 2.88. The number of aromatic nitrogens is 2. The third kappa shape index (κ3) is 2.44. The van der Waals surface area contributed by atoms with Crippen LogP contribution < -0.4 is 0 Å². The molecule has 6 nitrogen and oxygen atoms in total. The second-order valence-electron chi connectivity index (χ2n) is 5.63. The van der Waals surface area contributed by atoms with E-state index in [1.807, 2.05) is 42.5 Å². The molecule has 2 heterocycles. The van der Waals surface area contributed by atoms with Crippen molar-refractivity contribution >= 4 is 33.4 Å². The van der Waals surface area contributed by atoms with Crippen LogP contribution in [0.15, 0.2) is 71.0 Å². The van der Waals surface area contributed by atoms with Crippen LogP contribution in [0.3, 0.4) is 0 Å². The number of fused-ring (bicyclic) bond motifs is 2. The van der Waals surface area contributed by atoms with Crippen LogP contribution in [-0.2, 0) is 7.05 Å². The molecule has 0 saturated heterocycles. The molecule has 0 spiro atoms. The minimum atomic E-state index is -0.503. The average molecular weight is 330 g/mol. The van der Waals surface area contributed by atoms with Gasteiger partial charge >= 0.3 is 0 Å². The maximum Gasteiger partial charge on any atom is 0.297 e. The van der Waals surface area contributed by atoms with Crippen molar-refractivity contribution in [1.29, 1.82) is 0 Å². The van der Waals surface area contributed by atoms with E-state index in [0.717, 1.165) is 16.3 Å². The normalized spacial score (nSPS) is 11.6. The summed E-state index contributed by atoms with van der Waals surface area (Å²) in [4.78, 5) is 16.8. The number of aromatic hydroxyl groups is 1. The third-order valence-electron chi connectivity index (χ3n) is 4.15. The Kier molecular flexibility index (Phi) is 3.50. The number of benzene rings is 2. The van der Waals surface area contributed by atoms with Crippen LogP contribution in [0.1, 0.15) is 10.4 Å². The first kappa shape index (κ1) is 15.0. The van der Waals surface area contributed by atoms with Gasteiger partial charge in [0.15, 0.2) is 5.69 Å². The molecule has 0 saturated carbocycles. The Morgan fingerprint density at radius 2 is 1.88 bits per heavy atom. The summed E-state index contributed by atoms with van der Waals surface area (Å²) < 4.78 is 1.60. The van der Waals surface area contributed by atoms with Crippen molar-refractivity contribution in [2.75, 3.05) is 0 Å². The highest BCUT2D eigenvalue weighted by Crippen LogP contribution is 2.37. The van der Waals surface area contributed by atoms with Crippen LogP contribution in [0.25, 0.3) is 21.8 Å². The van der Waals surface area contributed by atoms with E-state index in [1.54, 1.807) is 29.9 Å². The standard InChI is InChI=1S/C19H14N4O2/c1-23-15-10-3-2-8-13(15)17(19(23)25)21-22-18(24)14-9-4-6-12-7-5-11-20-16(12)14/h2-11,25H,1H3. The van der Waals surface area contributed by atoms with Crippen LogP contribution in [0.4, 0.5) is 5.69 Å². The molecule has 0 fully saturated rings. The number of hydrogen-bond acceptors (Lipinski definition) is 4. The molecule has 1 N–H and O–H groups in total. The van der Waals surface area contributed by atoms with E-state index < -0.39 is 5.91 Å². The Balaban J connectivity index is 1.78. The van der Waals surface area contributed by atoms with Crippen LogP contribution in [-0.4, -0.2) is 20.6 Å². The molecule has 25 heavy (non-hydrogen) atoms. The highest BCUT2D eigenvalue weighted by atomic mass is 16.3. The number of azo groups is 1. The van der Waals surface area contributed by atoms with Crippen molar-refractivity contribution < 1.29 is 9.90 Å². The van der Waals surface area contributed by atoms with Crippen LogP contribution >= 0.6 is 0 Å². The van der Waals surface area contributed by atoms with Gasteiger partial charge in [-0.25, -0.2) is 0 Å². The quantitative estimate of drug-likeness (QED) is 0.555. The lowest BCUT2D eigenvalue weighted by molar-refractivity contribution is 0.0996. The molecule has 0 bridgehead atoms. The van der Waals surface area contributed by atoms with E-state index in [1.165, 1.54) is 0 Å². The lowest BCUT2D eigenvalue weighted by atomic mass is 10.1. The highest BCUT2D eigenvalue weighted by molar-refractivity contribution is 6.06. The van der Waals surface area contributed by atoms with Crippen LogP contribution in [0, 0.1) is 0 Å². The third-order valence-corrected chi connectivity index (χ3v) is 4.15. The SMILES string of the molecule is Cn1c(O)c(N=NC(=O)c2cccc3cccnc23)c2ccccc21. The Hall–Kier alpha value is -3.54. The van der Waals surface area contributed by atoms with Gasteiger partial charge in [0, 0.05) is 24.0 Å². The highest BCUT2D eigenvalue weighted by Gasteiger charge is 2.15. The zero-order valence-electron chi connectivity index (χ0n) is 13.4.